The van der Waals surface area contributed by atoms with Crippen molar-refractivity contribution in [2.24, 2.45) is 0 Å². The lowest BCUT2D eigenvalue weighted by Crippen LogP contribution is -2.20. The van der Waals surface area contributed by atoms with Crippen LogP contribution in [0.5, 0.6) is 0 Å². The first-order valence-corrected chi connectivity index (χ1v) is 9.19. The van der Waals surface area contributed by atoms with Crippen molar-refractivity contribution in [2.75, 3.05) is 11.9 Å². The van der Waals surface area contributed by atoms with E-state index < -0.39 is 0 Å². The van der Waals surface area contributed by atoms with Gasteiger partial charge in [-0.15, -0.1) is 5.10 Å². The second-order valence-corrected chi connectivity index (χ2v) is 7.57. The molecule has 1 aliphatic carbocycles. The van der Waals surface area contributed by atoms with Gasteiger partial charge >= 0.3 is 0 Å². The summed E-state index contributed by atoms with van der Waals surface area (Å²) in [5, 5.41) is 9.23. The van der Waals surface area contributed by atoms with Gasteiger partial charge in [0.05, 0.1) is 0 Å². The molecule has 1 N–H and O–H groups in total. The molecule has 124 valence electrons. The lowest BCUT2D eigenvalue weighted by atomic mass is 9.96. The first kappa shape index (κ1) is 15.6. The Morgan fingerprint density at radius 2 is 2.08 bits per heavy atom. The summed E-state index contributed by atoms with van der Waals surface area (Å²) >= 11 is 7.39. The zero-order valence-corrected chi connectivity index (χ0v) is 14.8. The number of halogens is 1. The van der Waals surface area contributed by atoms with Crippen molar-refractivity contribution < 1.29 is 0 Å². The van der Waals surface area contributed by atoms with E-state index in [-0.39, 0.29) is 11.0 Å². The molecule has 2 heterocycles. The van der Waals surface area contributed by atoms with Crippen molar-refractivity contribution in [1.29, 1.82) is 0 Å². The lowest BCUT2D eigenvalue weighted by molar-refractivity contribution is 0.729. The van der Waals surface area contributed by atoms with Crippen molar-refractivity contribution in [3.8, 4) is 0 Å². The summed E-state index contributed by atoms with van der Waals surface area (Å²) in [5.41, 5.74) is 2.12. The van der Waals surface area contributed by atoms with E-state index in [1.165, 1.54) is 21.4 Å². The van der Waals surface area contributed by atoms with Crippen molar-refractivity contribution in [1.82, 2.24) is 14.6 Å². The summed E-state index contributed by atoms with van der Waals surface area (Å²) in [6, 6.07) is 9.60. The van der Waals surface area contributed by atoms with E-state index in [2.05, 4.69) is 27.5 Å². The number of hydrogen-bond donors (Lipinski definition) is 1. The Bertz CT molecular complexity index is 943. The Balaban J connectivity index is 1.56. The fourth-order valence-corrected chi connectivity index (χ4v) is 3.82. The molecule has 0 unspecified atom stereocenters. The van der Waals surface area contributed by atoms with Crippen LogP contribution in [0.2, 0.25) is 5.02 Å². The highest BCUT2D eigenvalue weighted by atomic mass is 35.5. The van der Waals surface area contributed by atoms with Crippen molar-refractivity contribution in [3.63, 3.8) is 0 Å². The van der Waals surface area contributed by atoms with Gasteiger partial charge < -0.3 is 5.32 Å². The third-order valence-corrected chi connectivity index (χ3v) is 5.67. The van der Waals surface area contributed by atoms with Gasteiger partial charge in [-0.1, -0.05) is 42.0 Å². The lowest BCUT2D eigenvalue weighted by Gasteiger charge is -2.16. The highest BCUT2D eigenvalue weighted by molar-refractivity contribution is 7.20. The first-order chi connectivity index (χ1) is 11.6. The predicted molar refractivity (Wildman–Crippen MR) is 97.4 cm³/mol. The molecule has 0 spiro atoms. The minimum Gasteiger partial charge on any atom is -0.359 e. The molecule has 3 aromatic rings. The maximum atomic E-state index is 12.1. The van der Waals surface area contributed by atoms with Crippen LogP contribution in [-0.4, -0.2) is 21.1 Å². The third-order valence-electron chi connectivity index (χ3n) is 4.55. The van der Waals surface area contributed by atoms with Crippen LogP contribution < -0.4 is 10.9 Å². The van der Waals surface area contributed by atoms with Crippen LogP contribution in [-0.2, 0) is 11.8 Å². The van der Waals surface area contributed by atoms with E-state index in [1.54, 1.807) is 6.07 Å². The Morgan fingerprint density at radius 3 is 2.75 bits per heavy atom. The van der Waals surface area contributed by atoms with Gasteiger partial charge in [-0.2, -0.15) is 4.52 Å². The van der Waals surface area contributed by atoms with Crippen molar-refractivity contribution in [3.05, 3.63) is 57.0 Å². The summed E-state index contributed by atoms with van der Waals surface area (Å²) in [6.45, 7) is 2.78. The van der Waals surface area contributed by atoms with Crippen LogP contribution >= 0.6 is 22.9 Å². The number of anilines is 1. The molecule has 2 aromatic heterocycles. The largest absolute Gasteiger partial charge is 0.359 e. The zero-order chi connectivity index (χ0) is 16.7. The van der Waals surface area contributed by atoms with E-state index in [9.17, 15) is 4.79 Å². The van der Waals surface area contributed by atoms with E-state index in [4.69, 9.17) is 11.6 Å². The molecule has 0 atom stereocenters. The fourth-order valence-electron chi connectivity index (χ4n) is 2.88. The quantitative estimate of drug-likeness (QED) is 0.756. The molecular formula is C17H17ClN4OS. The Kier molecular flexibility index (Phi) is 3.81. The highest BCUT2D eigenvalue weighted by Gasteiger charge is 2.44. The second-order valence-electron chi connectivity index (χ2n) is 6.18. The van der Waals surface area contributed by atoms with E-state index in [1.807, 2.05) is 19.1 Å². The topological polar surface area (TPSA) is 59.3 Å². The highest BCUT2D eigenvalue weighted by Crippen LogP contribution is 2.48. The normalized spacial score (nSPS) is 15.6. The van der Waals surface area contributed by atoms with Gasteiger partial charge in [-0.05, 0) is 37.0 Å². The fraction of sp³-hybridized carbons (Fsp3) is 0.353. The summed E-state index contributed by atoms with van der Waals surface area (Å²) in [7, 11) is 0. The monoisotopic (exact) mass is 360 g/mol. The minimum absolute atomic E-state index is 0.125. The molecular weight excluding hydrogens is 344 g/mol. The van der Waals surface area contributed by atoms with E-state index >= 15 is 0 Å². The maximum Gasteiger partial charge on any atom is 0.275 e. The summed E-state index contributed by atoms with van der Waals surface area (Å²) < 4.78 is 1.37. The number of rotatable bonds is 5. The number of benzene rings is 1. The molecule has 1 saturated carbocycles. The molecule has 7 heteroatoms. The third kappa shape index (κ3) is 2.80. The minimum atomic E-state index is -0.125. The molecule has 0 amide bonds. The van der Waals surface area contributed by atoms with E-state index in [0.717, 1.165) is 41.7 Å². The summed E-state index contributed by atoms with van der Waals surface area (Å²) in [4.78, 5) is 17.2. The Labute approximate surface area is 148 Å². The van der Waals surface area contributed by atoms with Crippen LogP contribution in [0, 0.1) is 0 Å². The molecule has 24 heavy (non-hydrogen) atoms. The van der Waals surface area contributed by atoms with Crippen molar-refractivity contribution in [2.45, 2.75) is 31.6 Å². The molecule has 0 saturated heterocycles. The van der Waals surface area contributed by atoms with Crippen LogP contribution in [0.1, 0.15) is 31.0 Å². The van der Waals surface area contributed by atoms with Crippen LogP contribution in [0.15, 0.2) is 35.1 Å². The number of nitrogens with one attached hydrogen (secondary N) is 1. The molecule has 5 nitrogen and oxygen atoms in total. The maximum absolute atomic E-state index is 12.1. The molecule has 0 radical (unpaired) electrons. The number of aryl methyl sites for hydroxylation is 1. The van der Waals surface area contributed by atoms with Crippen molar-refractivity contribution >= 4 is 33.0 Å². The van der Waals surface area contributed by atoms with Crippen LogP contribution in [0.4, 0.5) is 5.13 Å². The molecule has 1 aliphatic rings. The molecule has 0 aliphatic heterocycles. The number of nitrogens with zero attached hydrogens (tertiary/aromatic N) is 3. The number of aromatic nitrogens is 3. The van der Waals surface area contributed by atoms with Gasteiger partial charge in [-0.25, -0.2) is 4.98 Å². The van der Waals surface area contributed by atoms with Crippen LogP contribution in [0.25, 0.3) is 4.96 Å². The molecule has 1 aromatic carbocycles. The molecule has 1 fully saturated rings. The zero-order valence-electron chi connectivity index (χ0n) is 13.3. The Hall–Kier alpha value is -1.92. The first-order valence-electron chi connectivity index (χ1n) is 7.99. The van der Waals surface area contributed by atoms with Gasteiger partial charge in [-0.3, -0.25) is 4.79 Å². The standard InChI is InChI=1S/C17H17ClN4OS/c1-2-13-9-14(23)22-16(20-13)24-15(21-22)19-10-17(7-8-17)11-3-5-12(18)6-4-11/h3-6,9H,2,7-8,10H2,1H3,(H,19,21). The van der Waals surface area contributed by atoms with Gasteiger partial charge in [0.2, 0.25) is 10.1 Å². The van der Waals surface area contributed by atoms with Gasteiger partial charge in [0.15, 0.2) is 0 Å². The van der Waals surface area contributed by atoms with E-state index in [0.29, 0.717) is 4.96 Å². The van der Waals surface area contributed by atoms with Crippen LogP contribution in [0.3, 0.4) is 0 Å². The molecule has 4 rings (SSSR count). The second kappa shape index (κ2) is 5.86. The smallest absolute Gasteiger partial charge is 0.275 e. The van der Waals surface area contributed by atoms with Gasteiger partial charge in [0.25, 0.3) is 5.56 Å². The van der Waals surface area contributed by atoms with Gasteiger partial charge in [0.1, 0.15) is 0 Å². The molecule has 0 bridgehead atoms. The van der Waals surface area contributed by atoms with Gasteiger partial charge in [0, 0.05) is 28.7 Å². The average Bonchev–Trinajstić information content (AvgIpc) is 3.25. The average molecular weight is 361 g/mol. The summed E-state index contributed by atoms with van der Waals surface area (Å²) in [5.74, 6) is 0. The number of fused-ring (bicyclic) bond motifs is 1. The Morgan fingerprint density at radius 1 is 1.33 bits per heavy atom. The summed E-state index contributed by atoms with van der Waals surface area (Å²) in [6.07, 6.45) is 3.03. The SMILES string of the molecule is CCc1cc(=O)n2nc(NCC3(c4ccc(Cl)cc4)CC3)sc2n1. The number of hydrogen-bond acceptors (Lipinski definition) is 5. The predicted octanol–water partition coefficient (Wildman–Crippen LogP) is 3.51.